The molecule has 1 aliphatic heterocycles. The Morgan fingerprint density at radius 1 is 1.07 bits per heavy atom. The van der Waals surface area contributed by atoms with Gasteiger partial charge in [0.1, 0.15) is 0 Å². The summed E-state index contributed by atoms with van der Waals surface area (Å²) in [5.74, 6) is 0.354. The smallest absolute Gasteiger partial charge is 0.421 e. The molecular formula is C19H24BCl2N3O3. The standard InChI is InChI=1S/C19H24BCl2N3O3/c1-10(2)15-12(20-27-18(3,4)19(5,6)28-20)9-24-17(25-15)26-16-13(21)7-11(23)8-14(16)22/h7-10H,23H2,1-6H3. The Kier molecular flexibility index (Phi) is 5.58. The van der Waals surface area contributed by atoms with Crippen molar-refractivity contribution in [2.75, 3.05) is 5.73 Å². The first kappa shape index (κ1) is 21.2. The van der Waals surface area contributed by atoms with Crippen LogP contribution in [0, 0.1) is 0 Å². The summed E-state index contributed by atoms with van der Waals surface area (Å²) in [6.07, 6.45) is 1.67. The van der Waals surface area contributed by atoms with E-state index in [4.69, 9.17) is 43.0 Å². The van der Waals surface area contributed by atoms with Gasteiger partial charge in [-0.3, -0.25) is 0 Å². The van der Waals surface area contributed by atoms with E-state index < -0.39 is 18.3 Å². The van der Waals surface area contributed by atoms with Crippen LogP contribution in [0.3, 0.4) is 0 Å². The van der Waals surface area contributed by atoms with Crippen LogP contribution in [-0.2, 0) is 9.31 Å². The van der Waals surface area contributed by atoms with E-state index in [1.165, 1.54) is 0 Å². The molecule has 0 spiro atoms. The molecule has 6 nitrogen and oxygen atoms in total. The van der Waals surface area contributed by atoms with Crippen LogP contribution < -0.4 is 15.9 Å². The second-order valence-electron chi connectivity index (χ2n) is 8.15. The van der Waals surface area contributed by atoms with Gasteiger partial charge in [0.2, 0.25) is 0 Å². The van der Waals surface area contributed by atoms with E-state index in [2.05, 4.69) is 9.97 Å². The van der Waals surface area contributed by atoms with Crippen molar-refractivity contribution in [1.82, 2.24) is 9.97 Å². The van der Waals surface area contributed by atoms with Gasteiger partial charge in [0.05, 0.1) is 21.2 Å². The highest BCUT2D eigenvalue weighted by Crippen LogP contribution is 2.38. The number of hydrogen-bond acceptors (Lipinski definition) is 6. The van der Waals surface area contributed by atoms with Gasteiger partial charge in [-0.2, -0.15) is 4.98 Å². The van der Waals surface area contributed by atoms with Crippen LogP contribution in [0.15, 0.2) is 18.3 Å². The lowest BCUT2D eigenvalue weighted by Gasteiger charge is -2.32. The Morgan fingerprint density at radius 3 is 2.11 bits per heavy atom. The minimum absolute atomic E-state index is 0.0942. The average molecular weight is 424 g/mol. The maximum absolute atomic E-state index is 6.20. The largest absolute Gasteiger partial charge is 0.498 e. The minimum atomic E-state index is -0.555. The molecule has 0 unspecified atom stereocenters. The third-order valence-electron chi connectivity index (χ3n) is 5.09. The molecule has 0 atom stereocenters. The quantitative estimate of drug-likeness (QED) is 0.572. The number of ether oxygens (including phenoxy) is 1. The molecule has 0 radical (unpaired) electrons. The summed E-state index contributed by atoms with van der Waals surface area (Å²) in [7, 11) is -0.555. The number of nitrogen functional groups attached to an aromatic ring is 1. The van der Waals surface area contributed by atoms with E-state index in [9.17, 15) is 0 Å². The first-order valence-electron chi connectivity index (χ1n) is 9.06. The zero-order valence-electron chi connectivity index (χ0n) is 16.8. The number of rotatable bonds is 4. The van der Waals surface area contributed by atoms with Crippen molar-refractivity contribution in [3.63, 3.8) is 0 Å². The van der Waals surface area contributed by atoms with Gasteiger partial charge in [-0.05, 0) is 45.7 Å². The predicted molar refractivity (Wildman–Crippen MR) is 113 cm³/mol. The fourth-order valence-corrected chi connectivity index (χ4v) is 3.40. The van der Waals surface area contributed by atoms with Crippen LogP contribution in [0.25, 0.3) is 0 Å². The summed E-state index contributed by atoms with van der Waals surface area (Å²) in [5.41, 5.74) is 6.82. The van der Waals surface area contributed by atoms with Gasteiger partial charge in [-0.1, -0.05) is 37.0 Å². The molecule has 1 aromatic heterocycles. The molecular weight excluding hydrogens is 400 g/mol. The van der Waals surface area contributed by atoms with Crippen LogP contribution in [-0.4, -0.2) is 28.3 Å². The van der Waals surface area contributed by atoms with E-state index >= 15 is 0 Å². The summed E-state index contributed by atoms with van der Waals surface area (Å²) in [4.78, 5) is 8.89. The summed E-state index contributed by atoms with van der Waals surface area (Å²) in [5, 5.41) is 0.574. The zero-order chi connectivity index (χ0) is 20.9. The second-order valence-corrected chi connectivity index (χ2v) is 8.97. The molecule has 1 saturated heterocycles. The van der Waals surface area contributed by atoms with Crippen molar-refractivity contribution in [3.05, 3.63) is 34.1 Å². The maximum Gasteiger partial charge on any atom is 0.498 e. The molecule has 2 heterocycles. The van der Waals surface area contributed by atoms with E-state index in [0.29, 0.717) is 5.69 Å². The number of hydrogen-bond donors (Lipinski definition) is 1. The Balaban J connectivity index is 1.95. The molecule has 1 aromatic carbocycles. The Morgan fingerprint density at radius 2 is 1.61 bits per heavy atom. The fourth-order valence-electron chi connectivity index (χ4n) is 2.82. The lowest BCUT2D eigenvalue weighted by atomic mass is 9.77. The number of halogens is 2. The van der Waals surface area contributed by atoms with E-state index in [0.717, 1.165) is 11.2 Å². The summed E-state index contributed by atoms with van der Waals surface area (Å²) in [6.45, 7) is 12.1. The third kappa shape index (κ3) is 3.94. The average Bonchev–Trinajstić information content (AvgIpc) is 2.78. The van der Waals surface area contributed by atoms with Crippen LogP contribution in [0.4, 0.5) is 5.69 Å². The van der Waals surface area contributed by atoms with Gasteiger partial charge in [0.15, 0.2) is 5.75 Å². The van der Waals surface area contributed by atoms with Crippen LogP contribution in [0.2, 0.25) is 10.0 Å². The zero-order valence-corrected chi connectivity index (χ0v) is 18.4. The van der Waals surface area contributed by atoms with Crippen LogP contribution in [0.5, 0.6) is 11.8 Å². The minimum Gasteiger partial charge on any atom is -0.421 e. The first-order valence-corrected chi connectivity index (χ1v) is 9.81. The normalized spacial score (nSPS) is 18.0. The molecule has 0 saturated carbocycles. The van der Waals surface area contributed by atoms with E-state index in [1.54, 1.807) is 18.3 Å². The number of nitrogens with two attached hydrogens (primary N) is 1. The summed E-state index contributed by atoms with van der Waals surface area (Å²) >= 11 is 12.4. The van der Waals surface area contributed by atoms with E-state index in [-0.39, 0.29) is 27.7 Å². The van der Waals surface area contributed by atoms with Crippen molar-refractivity contribution >= 4 is 41.5 Å². The SMILES string of the molecule is CC(C)c1nc(Oc2c(Cl)cc(N)cc2Cl)ncc1B1OC(C)(C)C(C)(C)O1. The van der Waals surface area contributed by atoms with Crippen molar-refractivity contribution in [3.8, 4) is 11.8 Å². The highest BCUT2D eigenvalue weighted by atomic mass is 35.5. The molecule has 0 bridgehead atoms. The molecule has 0 amide bonds. The molecule has 0 aliphatic carbocycles. The van der Waals surface area contributed by atoms with Gasteiger partial charge in [0, 0.05) is 23.0 Å². The molecule has 9 heteroatoms. The molecule has 1 aliphatic rings. The monoisotopic (exact) mass is 423 g/mol. The fraction of sp³-hybridized carbons (Fsp3) is 0.474. The van der Waals surface area contributed by atoms with Gasteiger partial charge < -0.3 is 19.8 Å². The molecule has 3 rings (SSSR count). The maximum atomic E-state index is 6.20. The summed E-state index contributed by atoms with van der Waals surface area (Å²) in [6, 6.07) is 3.26. The highest BCUT2D eigenvalue weighted by molar-refractivity contribution is 6.62. The Labute approximate surface area is 175 Å². The highest BCUT2D eigenvalue weighted by Gasteiger charge is 2.52. The molecule has 150 valence electrons. The lowest BCUT2D eigenvalue weighted by molar-refractivity contribution is 0.00578. The van der Waals surface area contributed by atoms with Gasteiger partial charge in [-0.15, -0.1) is 0 Å². The second kappa shape index (κ2) is 7.37. The van der Waals surface area contributed by atoms with Crippen molar-refractivity contribution in [1.29, 1.82) is 0 Å². The number of benzene rings is 1. The van der Waals surface area contributed by atoms with Crippen molar-refractivity contribution in [2.24, 2.45) is 0 Å². The van der Waals surface area contributed by atoms with Crippen molar-refractivity contribution < 1.29 is 14.0 Å². The van der Waals surface area contributed by atoms with Gasteiger partial charge >= 0.3 is 13.1 Å². The molecule has 1 fully saturated rings. The van der Waals surface area contributed by atoms with Gasteiger partial charge in [0.25, 0.3) is 0 Å². The molecule has 2 aromatic rings. The van der Waals surface area contributed by atoms with Crippen LogP contribution in [0.1, 0.15) is 53.2 Å². The summed E-state index contributed by atoms with van der Waals surface area (Å²) < 4.78 is 18.1. The number of anilines is 1. The molecule has 2 N–H and O–H groups in total. The van der Waals surface area contributed by atoms with Crippen LogP contribution >= 0.6 is 23.2 Å². The third-order valence-corrected chi connectivity index (χ3v) is 5.66. The van der Waals surface area contributed by atoms with E-state index in [1.807, 2.05) is 41.5 Å². The van der Waals surface area contributed by atoms with Crippen molar-refractivity contribution in [2.45, 2.75) is 58.7 Å². The Hall–Kier alpha value is -1.54. The first-order chi connectivity index (χ1) is 12.9. The topological polar surface area (TPSA) is 79.5 Å². The Bertz CT molecular complexity index is 867. The predicted octanol–water partition coefficient (Wildman–Crippen LogP) is 4.58. The molecule has 28 heavy (non-hydrogen) atoms. The lowest BCUT2D eigenvalue weighted by Crippen LogP contribution is -2.41. The van der Waals surface area contributed by atoms with Gasteiger partial charge in [-0.25, -0.2) is 4.98 Å². The number of aromatic nitrogens is 2. The number of nitrogens with zero attached hydrogens (tertiary/aromatic N) is 2.